The van der Waals surface area contributed by atoms with Gasteiger partial charge in [-0.1, -0.05) is 31.4 Å². The van der Waals surface area contributed by atoms with Crippen LogP contribution in [0.3, 0.4) is 0 Å². The normalized spacial score (nSPS) is 29.0. The lowest BCUT2D eigenvalue weighted by Gasteiger charge is -2.42. The van der Waals surface area contributed by atoms with Crippen LogP contribution in [-0.4, -0.2) is 53.4 Å². The molecule has 5 rings (SSSR count). The van der Waals surface area contributed by atoms with Crippen molar-refractivity contribution < 1.29 is 4.79 Å². The molecular weight excluding hydrogens is 366 g/mol. The number of para-hydroxylation sites is 1. The first-order chi connectivity index (χ1) is 13.8. The first-order valence-corrected chi connectivity index (χ1v) is 11.9. The van der Waals surface area contributed by atoms with Crippen molar-refractivity contribution in [2.45, 2.75) is 50.9 Å². The molecule has 0 spiro atoms. The van der Waals surface area contributed by atoms with E-state index in [0.717, 1.165) is 43.5 Å². The Balaban J connectivity index is 1.20. The number of carbonyl (C=O) groups excluding carboxylic acids is 1. The van der Waals surface area contributed by atoms with Gasteiger partial charge in [0.2, 0.25) is 5.91 Å². The Labute approximate surface area is 171 Å². The Morgan fingerprint density at radius 3 is 2.75 bits per heavy atom. The minimum absolute atomic E-state index is 0.356. The molecule has 3 atom stereocenters. The van der Waals surface area contributed by atoms with Crippen LogP contribution >= 0.6 is 11.3 Å². The molecule has 3 heterocycles. The van der Waals surface area contributed by atoms with Gasteiger partial charge in [-0.2, -0.15) is 0 Å². The highest BCUT2D eigenvalue weighted by molar-refractivity contribution is 7.18. The Morgan fingerprint density at radius 2 is 1.86 bits per heavy atom. The molecule has 4 nitrogen and oxygen atoms in total. The van der Waals surface area contributed by atoms with Crippen LogP contribution in [0.2, 0.25) is 0 Å². The van der Waals surface area contributed by atoms with Crippen LogP contribution in [-0.2, 0) is 4.79 Å². The molecule has 1 amide bonds. The van der Waals surface area contributed by atoms with Crippen molar-refractivity contribution in [3.8, 4) is 0 Å². The third-order valence-corrected chi connectivity index (χ3v) is 8.37. The molecular formula is C23H31N3OS. The molecule has 3 fully saturated rings. The number of aromatic nitrogens is 1. The van der Waals surface area contributed by atoms with Gasteiger partial charge in [-0.05, 0) is 56.2 Å². The highest BCUT2D eigenvalue weighted by Crippen LogP contribution is 2.36. The van der Waals surface area contributed by atoms with Gasteiger partial charge in [-0.3, -0.25) is 9.69 Å². The summed E-state index contributed by atoms with van der Waals surface area (Å²) in [7, 11) is 0. The largest absolute Gasteiger partial charge is 0.341 e. The molecule has 0 N–H and O–H groups in total. The molecule has 150 valence electrons. The summed E-state index contributed by atoms with van der Waals surface area (Å²) in [5.74, 6) is 2.48. The Morgan fingerprint density at radius 1 is 1.00 bits per heavy atom. The van der Waals surface area contributed by atoms with Gasteiger partial charge >= 0.3 is 0 Å². The van der Waals surface area contributed by atoms with Gasteiger partial charge in [0, 0.05) is 25.6 Å². The van der Waals surface area contributed by atoms with E-state index in [9.17, 15) is 4.79 Å². The van der Waals surface area contributed by atoms with Gasteiger partial charge in [-0.15, -0.1) is 11.3 Å². The van der Waals surface area contributed by atoms with E-state index in [4.69, 9.17) is 4.98 Å². The number of carbonyl (C=O) groups is 1. The molecule has 2 aliphatic heterocycles. The van der Waals surface area contributed by atoms with Crippen molar-refractivity contribution in [1.29, 1.82) is 0 Å². The second kappa shape index (κ2) is 8.11. The summed E-state index contributed by atoms with van der Waals surface area (Å²) in [4.78, 5) is 22.4. The number of thiazole rings is 1. The van der Waals surface area contributed by atoms with Crippen molar-refractivity contribution in [2.24, 2.45) is 11.8 Å². The minimum Gasteiger partial charge on any atom is -0.341 e. The Kier molecular flexibility index (Phi) is 5.38. The number of benzene rings is 1. The zero-order valence-corrected chi connectivity index (χ0v) is 17.5. The number of nitrogens with zero attached hydrogens (tertiary/aromatic N) is 3. The maximum atomic E-state index is 13.0. The molecule has 0 bridgehead atoms. The molecule has 1 aliphatic carbocycles. The fraction of sp³-hybridized carbons (Fsp3) is 0.652. The highest BCUT2D eigenvalue weighted by Gasteiger charge is 2.34. The van der Waals surface area contributed by atoms with Gasteiger partial charge in [0.1, 0.15) is 0 Å². The lowest BCUT2D eigenvalue weighted by molar-refractivity contribution is -0.135. The Hall–Kier alpha value is -1.46. The van der Waals surface area contributed by atoms with Crippen molar-refractivity contribution in [3.63, 3.8) is 0 Å². The average Bonchev–Trinajstić information content (AvgIpc) is 3.18. The highest BCUT2D eigenvalue weighted by atomic mass is 32.1. The van der Waals surface area contributed by atoms with E-state index in [1.807, 2.05) is 11.3 Å². The predicted molar refractivity (Wildman–Crippen MR) is 115 cm³/mol. The fourth-order valence-electron chi connectivity index (χ4n) is 5.58. The molecule has 28 heavy (non-hydrogen) atoms. The van der Waals surface area contributed by atoms with Gasteiger partial charge in [0.25, 0.3) is 0 Å². The van der Waals surface area contributed by atoms with E-state index in [1.165, 1.54) is 54.7 Å². The van der Waals surface area contributed by atoms with E-state index in [-0.39, 0.29) is 0 Å². The summed E-state index contributed by atoms with van der Waals surface area (Å²) >= 11 is 1.83. The summed E-state index contributed by atoms with van der Waals surface area (Å²) < 4.78 is 1.28. The van der Waals surface area contributed by atoms with Crippen molar-refractivity contribution >= 4 is 27.5 Å². The summed E-state index contributed by atoms with van der Waals surface area (Å²) in [5.41, 5.74) is 1.12. The first kappa shape index (κ1) is 18.6. The fourth-order valence-corrected chi connectivity index (χ4v) is 6.68. The van der Waals surface area contributed by atoms with E-state index in [1.54, 1.807) is 0 Å². The van der Waals surface area contributed by atoms with Crippen LogP contribution in [0.1, 0.15) is 55.9 Å². The molecule has 0 radical (unpaired) electrons. The molecule has 5 heteroatoms. The quantitative estimate of drug-likeness (QED) is 0.764. The second-order valence-corrected chi connectivity index (χ2v) is 10.1. The van der Waals surface area contributed by atoms with E-state index in [0.29, 0.717) is 18.4 Å². The van der Waals surface area contributed by atoms with E-state index < -0.39 is 0 Å². The minimum atomic E-state index is 0.356. The third kappa shape index (κ3) is 3.84. The van der Waals surface area contributed by atoms with E-state index >= 15 is 0 Å². The molecule has 0 unspecified atom stereocenters. The average molecular weight is 398 g/mol. The SMILES string of the molecule is O=C(CN1CCC[C@H](c2nc3ccccc3s2)C1)N1CC[C@@H]2CCCC[C@@H]2C1. The number of likely N-dealkylation sites (tertiary alicyclic amines) is 2. The number of amides is 1. The van der Waals surface area contributed by atoms with Crippen LogP contribution in [0.4, 0.5) is 0 Å². The number of rotatable bonds is 3. The van der Waals surface area contributed by atoms with Crippen molar-refractivity contribution in [3.05, 3.63) is 29.3 Å². The van der Waals surface area contributed by atoms with Crippen LogP contribution in [0.15, 0.2) is 24.3 Å². The summed E-state index contributed by atoms with van der Waals surface area (Å²) in [6.07, 6.45) is 9.07. The zero-order chi connectivity index (χ0) is 18.9. The standard InChI is InChI=1S/C23H31N3OS/c27-22(26-13-11-17-6-1-2-7-18(17)15-26)16-25-12-5-8-19(14-25)23-24-20-9-3-4-10-21(20)28-23/h3-4,9-10,17-19H,1-2,5-8,11-16H2/t17-,18+,19-/m0/s1. The van der Waals surface area contributed by atoms with Gasteiger partial charge in [-0.25, -0.2) is 4.98 Å². The lowest BCUT2D eigenvalue weighted by atomic mass is 9.75. The monoisotopic (exact) mass is 397 g/mol. The van der Waals surface area contributed by atoms with Crippen LogP contribution < -0.4 is 0 Å². The van der Waals surface area contributed by atoms with Crippen molar-refractivity contribution in [2.75, 3.05) is 32.7 Å². The molecule has 1 aromatic heterocycles. The van der Waals surface area contributed by atoms with Crippen LogP contribution in [0.25, 0.3) is 10.2 Å². The predicted octanol–water partition coefficient (Wildman–Crippen LogP) is 4.51. The third-order valence-electron chi connectivity index (χ3n) is 7.17. The molecule has 1 aromatic carbocycles. The summed E-state index contributed by atoms with van der Waals surface area (Å²) in [6, 6.07) is 8.42. The topological polar surface area (TPSA) is 36.4 Å². The van der Waals surface area contributed by atoms with Crippen LogP contribution in [0.5, 0.6) is 0 Å². The molecule has 1 saturated carbocycles. The summed E-state index contributed by atoms with van der Waals surface area (Å²) in [6.45, 7) is 4.62. The number of piperidine rings is 2. The van der Waals surface area contributed by atoms with E-state index in [2.05, 4.69) is 34.1 Å². The Bertz CT molecular complexity index is 801. The van der Waals surface area contributed by atoms with Gasteiger partial charge in [0.05, 0.1) is 21.8 Å². The summed E-state index contributed by atoms with van der Waals surface area (Å²) in [5, 5.41) is 1.25. The maximum Gasteiger partial charge on any atom is 0.236 e. The van der Waals surface area contributed by atoms with Gasteiger partial charge in [0.15, 0.2) is 0 Å². The maximum absolute atomic E-state index is 13.0. The number of hydrogen-bond acceptors (Lipinski definition) is 4. The first-order valence-electron chi connectivity index (χ1n) is 11.1. The zero-order valence-electron chi connectivity index (χ0n) is 16.7. The molecule has 3 aliphatic rings. The molecule has 2 saturated heterocycles. The molecule has 2 aromatic rings. The second-order valence-electron chi connectivity index (χ2n) is 9.03. The lowest BCUT2D eigenvalue weighted by Crippen LogP contribution is -2.49. The smallest absolute Gasteiger partial charge is 0.236 e. The van der Waals surface area contributed by atoms with Crippen LogP contribution in [0, 0.1) is 11.8 Å². The number of fused-ring (bicyclic) bond motifs is 2. The number of hydrogen-bond donors (Lipinski definition) is 0. The van der Waals surface area contributed by atoms with Gasteiger partial charge < -0.3 is 4.90 Å². The van der Waals surface area contributed by atoms with Crippen molar-refractivity contribution in [1.82, 2.24) is 14.8 Å².